The number of aryl methyl sites for hydroxylation is 1. The molecule has 1 aliphatic rings. The van der Waals surface area contributed by atoms with Gasteiger partial charge in [0.25, 0.3) is 0 Å². The van der Waals surface area contributed by atoms with Crippen molar-refractivity contribution in [3.63, 3.8) is 0 Å². The fourth-order valence-corrected chi connectivity index (χ4v) is 4.43. The highest BCUT2D eigenvalue weighted by Crippen LogP contribution is 2.44. The third kappa shape index (κ3) is 3.84. The van der Waals surface area contributed by atoms with Gasteiger partial charge >= 0.3 is 12.1 Å². The van der Waals surface area contributed by atoms with Crippen molar-refractivity contribution in [1.82, 2.24) is 4.90 Å². The van der Waals surface area contributed by atoms with Gasteiger partial charge < -0.3 is 9.84 Å². The van der Waals surface area contributed by atoms with Gasteiger partial charge in [0.1, 0.15) is 12.4 Å². The first kappa shape index (κ1) is 21.6. The lowest BCUT2D eigenvalue weighted by Crippen LogP contribution is -2.40. The maximum Gasteiger partial charge on any atom is 0.410 e. The lowest BCUT2D eigenvalue weighted by atomic mass is 9.98. The Hall–Kier alpha value is -3.67. The number of ether oxygens (including phenoxy) is 1. The third-order valence-corrected chi connectivity index (χ3v) is 5.99. The zero-order chi connectivity index (χ0) is 22.8. The SMILES string of the molecule is CCN(C(=O)OCC1c2ccccc2-c2ccccc21)C(C(=O)O)c1cc(F)ccc1C. The second kappa shape index (κ2) is 8.83. The van der Waals surface area contributed by atoms with Crippen LogP contribution in [0.2, 0.25) is 0 Å². The molecule has 0 bridgehead atoms. The summed E-state index contributed by atoms with van der Waals surface area (Å²) in [6.07, 6.45) is -0.745. The molecule has 1 unspecified atom stereocenters. The minimum absolute atomic E-state index is 0.0812. The predicted octanol–water partition coefficient (Wildman–Crippen LogP) is 5.53. The number of carbonyl (C=O) groups excluding carboxylic acids is 1. The second-order valence-electron chi connectivity index (χ2n) is 7.83. The molecular weight excluding hydrogens is 409 g/mol. The summed E-state index contributed by atoms with van der Waals surface area (Å²) >= 11 is 0. The highest BCUT2D eigenvalue weighted by Gasteiger charge is 2.34. The molecule has 0 heterocycles. The molecule has 3 aromatic rings. The normalized spacial score (nSPS) is 13.2. The Morgan fingerprint density at radius 3 is 2.19 bits per heavy atom. The van der Waals surface area contributed by atoms with Gasteiger partial charge in [0, 0.05) is 12.5 Å². The molecule has 164 valence electrons. The monoisotopic (exact) mass is 433 g/mol. The molecule has 0 aliphatic heterocycles. The molecule has 1 aliphatic carbocycles. The Balaban J connectivity index is 1.59. The third-order valence-electron chi connectivity index (χ3n) is 5.99. The molecule has 1 amide bonds. The van der Waals surface area contributed by atoms with E-state index in [2.05, 4.69) is 0 Å². The van der Waals surface area contributed by atoms with Gasteiger partial charge in [-0.25, -0.2) is 14.0 Å². The number of benzene rings is 3. The summed E-state index contributed by atoms with van der Waals surface area (Å²) in [5, 5.41) is 9.86. The maximum absolute atomic E-state index is 13.8. The molecule has 5 nitrogen and oxygen atoms in total. The Morgan fingerprint density at radius 1 is 1.03 bits per heavy atom. The molecule has 1 N–H and O–H groups in total. The van der Waals surface area contributed by atoms with Gasteiger partial charge in [-0.2, -0.15) is 0 Å². The molecule has 0 aromatic heterocycles. The van der Waals surface area contributed by atoms with Gasteiger partial charge in [0.15, 0.2) is 6.04 Å². The average molecular weight is 433 g/mol. The molecule has 4 rings (SSSR count). The fraction of sp³-hybridized carbons (Fsp3) is 0.231. The van der Waals surface area contributed by atoms with Crippen molar-refractivity contribution in [3.05, 3.63) is 94.8 Å². The van der Waals surface area contributed by atoms with Crippen LogP contribution in [-0.4, -0.2) is 35.2 Å². The molecule has 0 radical (unpaired) electrons. The fourth-order valence-electron chi connectivity index (χ4n) is 4.43. The Kier molecular flexibility index (Phi) is 5.95. The van der Waals surface area contributed by atoms with Crippen LogP contribution >= 0.6 is 0 Å². The molecule has 0 spiro atoms. The second-order valence-corrected chi connectivity index (χ2v) is 7.83. The molecule has 3 aromatic carbocycles. The lowest BCUT2D eigenvalue weighted by Gasteiger charge is -2.29. The predicted molar refractivity (Wildman–Crippen MR) is 119 cm³/mol. The zero-order valence-corrected chi connectivity index (χ0v) is 17.9. The van der Waals surface area contributed by atoms with E-state index in [1.165, 1.54) is 12.1 Å². The van der Waals surface area contributed by atoms with Crippen LogP contribution < -0.4 is 0 Å². The number of halogens is 1. The van der Waals surface area contributed by atoms with E-state index in [4.69, 9.17) is 4.74 Å². The van der Waals surface area contributed by atoms with E-state index in [0.717, 1.165) is 33.2 Å². The van der Waals surface area contributed by atoms with Crippen LogP contribution in [0, 0.1) is 12.7 Å². The van der Waals surface area contributed by atoms with Crippen LogP contribution in [0.4, 0.5) is 9.18 Å². The van der Waals surface area contributed by atoms with E-state index < -0.39 is 23.9 Å². The first-order valence-corrected chi connectivity index (χ1v) is 10.5. The van der Waals surface area contributed by atoms with Gasteiger partial charge in [-0.05, 0) is 59.4 Å². The minimum Gasteiger partial charge on any atom is -0.479 e. The van der Waals surface area contributed by atoms with Crippen molar-refractivity contribution >= 4 is 12.1 Å². The van der Waals surface area contributed by atoms with Gasteiger partial charge in [0.2, 0.25) is 0 Å². The Bertz CT molecular complexity index is 1130. The van der Waals surface area contributed by atoms with E-state index in [1.54, 1.807) is 13.8 Å². The summed E-state index contributed by atoms with van der Waals surface area (Å²) in [5.74, 6) is -1.93. The van der Waals surface area contributed by atoms with Crippen LogP contribution in [0.1, 0.15) is 41.1 Å². The van der Waals surface area contributed by atoms with Gasteiger partial charge in [-0.15, -0.1) is 0 Å². The molecule has 1 atom stereocenters. The summed E-state index contributed by atoms with van der Waals surface area (Å²) in [6.45, 7) is 3.55. The highest BCUT2D eigenvalue weighted by atomic mass is 19.1. The molecule has 0 fully saturated rings. The van der Waals surface area contributed by atoms with Crippen molar-refractivity contribution in [2.45, 2.75) is 25.8 Å². The topological polar surface area (TPSA) is 66.8 Å². The van der Waals surface area contributed by atoms with Gasteiger partial charge in [-0.1, -0.05) is 54.6 Å². The number of likely N-dealkylation sites (N-methyl/N-ethyl adjacent to an activating group) is 1. The zero-order valence-electron chi connectivity index (χ0n) is 17.9. The molecule has 32 heavy (non-hydrogen) atoms. The number of carbonyl (C=O) groups is 2. The number of hydrogen-bond donors (Lipinski definition) is 1. The van der Waals surface area contributed by atoms with Crippen LogP contribution in [0.25, 0.3) is 11.1 Å². The number of aliphatic carboxylic acids is 1. The van der Waals surface area contributed by atoms with Gasteiger partial charge in [-0.3, -0.25) is 4.90 Å². The summed E-state index contributed by atoms with van der Waals surface area (Å²) in [6, 6.07) is 18.6. The summed E-state index contributed by atoms with van der Waals surface area (Å²) in [4.78, 5) is 26.2. The van der Waals surface area contributed by atoms with E-state index in [1.807, 2.05) is 48.5 Å². The van der Waals surface area contributed by atoms with Crippen LogP contribution in [-0.2, 0) is 9.53 Å². The number of amides is 1. The Morgan fingerprint density at radius 2 is 1.62 bits per heavy atom. The minimum atomic E-state index is -1.34. The standard InChI is InChI=1S/C26H24FNO4/c1-3-28(24(25(29)30)22-14-17(27)13-12-16(22)2)26(31)32-15-23-20-10-6-4-8-18(20)19-9-5-7-11-21(19)23/h4-14,23-24H,3,15H2,1-2H3,(H,29,30). The number of fused-ring (bicyclic) bond motifs is 3. The first-order valence-electron chi connectivity index (χ1n) is 10.5. The summed E-state index contributed by atoms with van der Waals surface area (Å²) in [7, 11) is 0. The number of rotatable bonds is 6. The number of carboxylic acids is 1. The number of hydrogen-bond acceptors (Lipinski definition) is 3. The van der Waals surface area contributed by atoms with Crippen molar-refractivity contribution in [1.29, 1.82) is 0 Å². The van der Waals surface area contributed by atoms with E-state index in [-0.39, 0.29) is 24.6 Å². The highest BCUT2D eigenvalue weighted by molar-refractivity contribution is 5.82. The number of carboxylic acid groups (broad SMARTS) is 1. The van der Waals surface area contributed by atoms with Crippen molar-refractivity contribution in [3.8, 4) is 11.1 Å². The van der Waals surface area contributed by atoms with Crippen molar-refractivity contribution < 1.29 is 23.8 Å². The number of nitrogens with zero attached hydrogens (tertiary/aromatic N) is 1. The van der Waals surface area contributed by atoms with E-state index >= 15 is 0 Å². The maximum atomic E-state index is 13.8. The first-order chi connectivity index (χ1) is 15.4. The molecular formula is C26H24FNO4. The molecule has 6 heteroatoms. The van der Waals surface area contributed by atoms with E-state index in [0.29, 0.717) is 5.56 Å². The van der Waals surface area contributed by atoms with Gasteiger partial charge in [0.05, 0.1) is 0 Å². The average Bonchev–Trinajstić information content (AvgIpc) is 3.11. The van der Waals surface area contributed by atoms with Crippen molar-refractivity contribution in [2.24, 2.45) is 0 Å². The van der Waals surface area contributed by atoms with E-state index in [9.17, 15) is 19.1 Å². The molecule has 0 saturated heterocycles. The van der Waals surface area contributed by atoms with Crippen LogP contribution in [0.5, 0.6) is 0 Å². The lowest BCUT2D eigenvalue weighted by molar-refractivity contribution is -0.143. The Labute approximate surface area is 186 Å². The summed E-state index contributed by atoms with van der Waals surface area (Å²) < 4.78 is 19.5. The quantitative estimate of drug-likeness (QED) is 0.555. The largest absolute Gasteiger partial charge is 0.479 e. The molecule has 0 saturated carbocycles. The smallest absolute Gasteiger partial charge is 0.410 e. The van der Waals surface area contributed by atoms with Crippen molar-refractivity contribution in [2.75, 3.05) is 13.2 Å². The van der Waals surface area contributed by atoms with Crippen LogP contribution in [0.15, 0.2) is 66.7 Å². The van der Waals surface area contributed by atoms with Crippen LogP contribution in [0.3, 0.4) is 0 Å². The summed E-state index contributed by atoms with van der Waals surface area (Å²) in [5.41, 5.74) is 5.17.